The lowest BCUT2D eigenvalue weighted by Gasteiger charge is -2.36. The van der Waals surface area contributed by atoms with Crippen LogP contribution in [0.1, 0.15) is 30.9 Å². The van der Waals surface area contributed by atoms with Crippen molar-refractivity contribution in [1.82, 2.24) is 20.2 Å². The molecule has 9 heteroatoms. The van der Waals surface area contributed by atoms with E-state index in [9.17, 15) is 9.59 Å². The molecule has 2 saturated heterocycles. The third kappa shape index (κ3) is 6.23. The standard InChI is InChI=1S/C24H31N5O3S/c1-3-17-15-25-23(26-16-17)29-10-8-19(9-11-29)28(2)12-13-32-20-6-4-18(5-7-20)14-21-22(30)27-24(31)33-21/h4-7,15-16,19,21H,3,8-14H2,1-2H3,(H,27,30,31). The number of aryl methyl sites for hydroxylation is 1. The molecule has 33 heavy (non-hydrogen) atoms. The van der Waals surface area contributed by atoms with Crippen molar-refractivity contribution in [2.45, 2.75) is 43.9 Å². The SMILES string of the molecule is CCc1cnc(N2CCC(N(C)CCOc3ccc(CC4SC(=O)NC4=O)cc3)CC2)nc1. The second-order valence-corrected chi connectivity index (χ2v) is 9.70. The Labute approximate surface area is 199 Å². The highest BCUT2D eigenvalue weighted by atomic mass is 32.2. The molecule has 1 aromatic carbocycles. The molecule has 1 aromatic heterocycles. The first kappa shape index (κ1) is 23.5. The van der Waals surface area contributed by atoms with E-state index >= 15 is 0 Å². The Balaban J connectivity index is 1.17. The third-order valence-corrected chi connectivity index (χ3v) is 7.28. The molecular formula is C24H31N5O3S. The van der Waals surface area contributed by atoms with Crippen LogP contribution in [0, 0.1) is 0 Å². The van der Waals surface area contributed by atoms with Crippen molar-refractivity contribution in [3.05, 3.63) is 47.8 Å². The van der Waals surface area contributed by atoms with E-state index in [-0.39, 0.29) is 16.4 Å². The second-order valence-electron chi connectivity index (χ2n) is 8.52. The highest BCUT2D eigenvalue weighted by Crippen LogP contribution is 2.24. The van der Waals surface area contributed by atoms with Gasteiger partial charge in [0, 0.05) is 38.1 Å². The average Bonchev–Trinajstić information content (AvgIpc) is 3.16. The zero-order valence-corrected chi connectivity index (χ0v) is 20.0. The van der Waals surface area contributed by atoms with Crippen LogP contribution >= 0.6 is 11.8 Å². The van der Waals surface area contributed by atoms with E-state index < -0.39 is 0 Å². The number of anilines is 1. The highest BCUT2D eigenvalue weighted by Gasteiger charge is 2.31. The molecule has 0 radical (unpaired) electrons. The Hall–Kier alpha value is -2.65. The fourth-order valence-corrected chi connectivity index (χ4v) is 5.01. The van der Waals surface area contributed by atoms with E-state index in [0.717, 1.165) is 67.9 Å². The molecule has 1 N–H and O–H groups in total. The maximum atomic E-state index is 11.7. The number of ether oxygens (including phenoxy) is 1. The molecule has 1 atom stereocenters. The Morgan fingerprint density at radius 2 is 1.82 bits per heavy atom. The zero-order chi connectivity index (χ0) is 23.2. The Bertz CT molecular complexity index is 946. The normalized spacial score (nSPS) is 19.2. The Kier molecular flexibility index (Phi) is 7.82. The van der Waals surface area contributed by atoms with Gasteiger partial charge >= 0.3 is 0 Å². The number of thioether (sulfide) groups is 1. The lowest BCUT2D eigenvalue weighted by molar-refractivity contribution is -0.118. The number of imide groups is 1. The third-order valence-electron chi connectivity index (χ3n) is 6.29. The monoisotopic (exact) mass is 469 g/mol. The highest BCUT2D eigenvalue weighted by molar-refractivity contribution is 8.15. The number of hydrogen-bond acceptors (Lipinski definition) is 8. The topological polar surface area (TPSA) is 87.7 Å². The van der Waals surface area contributed by atoms with Crippen LogP contribution in [0.15, 0.2) is 36.7 Å². The second kappa shape index (κ2) is 11.0. The number of carbonyl (C=O) groups is 2. The van der Waals surface area contributed by atoms with Crippen molar-refractivity contribution in [3.8, 4) is 5.75 Å². The molecular weight excluding hydrogens is 438 g/mol. The van der Waals surface area contributed by atoms with Gasteiger partial charge < -0.3 is 9.64 Å². The van der Waals surface area contributed by atoms with Crippen LogP contribution in [0.3, 0.4) is 0 Å². The van der Waals surface area contributed by atoms with Gasteiger partial charge in [0.05, 0.1) is 5.25 Å². The van der Waals surface area contributed by atoms with Gasteiger partial charge in [-0.15, -0.1) is 0 Å². The molecule has 0 saturated carbocycles. The van der Waals surface area contributed by atoms with Crippen molar-refractivity contribution in [1.29, 1.82) is 0 Å². The summed E-state index contributed by atoms with van der Waals surface area (Å²) in [5.74, 6) is 1.44. The van der Waals surface area contributed by atoms with Gasteiger partial charge in [-0.1, -0.05) is 30.8 Å². The summed E-state index contributed by atoms with van der Waals surface area (Å²) in [6.07, 6.45) is 7.52. The first-order valence-electron chi connectivity index (χ1n) is 11.5. The van der Waals surface area contributed by atoms with Crippen molar-refractivity contribution in [3.63, 3.8) is 0 Å². The molecule has 176 valence electrons. The molecule has 2 aromatic rings. The molecule has 2 aliphatic rings. The van der Waals surface area contributed by atoms with Crippen molar-refractivity contribution in [2.24, 2.45) is 0 Å². The van der Waals surface area contributed by atoms with Gasteiger partial charge in [-0.25, -0.2) is 9.97 Å². The number of piperidine rings is 1. The quantitative estimate of drug-likeness (QED) is 0.600. The van der Waals surface area contributed by atoms with Crippen LogP contribution in [-0.4, -0.2) is 70.6 Å². The Morgan fingerprint density at radius 3 is 2.42 bits per heavy atom. The molecule has 0 spiro atoms. The number of nitrogens with one attached hydrogen (secondary N) is 1. The van der Waals surface area contributed by atoms with E-state index in [0.29, 0.717) is 19.1 Å². The largest absolute Gasteiger partial charge is 0.492 e. The van der Waals surface area contributed by atoms with E-state index in [1.807, 2.05) is 36.7 Å². The molecule has 4 rings (SSSR count). The van der Waals surface area contributed by atoms with E-state index in [1.54, 1.807) is 0 Å². The van der Waals surface area contributed by atoms with Crippen LogP contribution in [0.2, 0.25) is 0 Å². The number of carbonyl (C=O) groups excluding carboxylic acids is 2. The number of nitrogens with zero attached hydrogens (tertiary/aromatic N) is 4. The summed E-state index contributed by atoms with van der Waals surface area (Å²) in [7, 11) is 2.16. The molecule has 3 heterocycles. The molecule has 2 fully saturated rings. The zero-order valence-electron chi connectivity index (χ0n) is 19.2. The van der Waals surface area contributed by atoms with Crippen LogP contribution in [0.5, 0.6) is 5.75 Å². The smallest absolute Gasteiger partial charge is 0.286 e. The van der Waals surface area contributed by atoms with Gasteiger partial charge in [-0.3, -0.25) is 19.8 Å². The van der Waals surface area contributed by atoms with Crippen LogP contribution in [0.25, 0.3) is 0 Å². The summed E-state index contributed by atoms with van der Waals surface area (Å²) in [5.41, 5.74) is 2.18. The van der Waals surface area contributed by atoms with E-state index in [2.05, 4.69) is 39.1 Å². The van der Waals surface area contributed by atoms with Gasteiger partial charge in [0.2, 0.25) is 11.9 Å². The first-order valence-corrected chi connectivity index (χ1v) is 12.4. The summed E-state index contributed by atoms with van der Waals surface area (Å²) >= 11 is 1.06. The molecule has 2 aliphatic heterocycles. The van der Waals surface area contributed by atoms with Gasteiger partial charge in [-0.05, 0) is 56.0 Å². The summed E-state index contributed by atoms with van der Waals surface area (Å²) in [5, 5.41) is 1.72. The first-order chi connectivity index (χ1) is 16.0. The van der Waals surface area contributed by atoms with Crippen LogP contribution in [0.4, 0.5) is 10.7 Å². The summed E-state index contributed by atoms with van der Waals surface area (Å²) in [4.78, 5) is 36.7. The fraction of sp³-hybridized carbons (Fsp3) is 0.500. The minimum Gasteiger partial charge on any atom is -0.492 e. The lowest BCUT2D eigenvalue weighted by Crippen LogP contribution is -2.45. The number of benzene rings is 1. The minimum absolute atomic E-state index is 0.207. The van der Waals surface area contributed by atoms with E-state index in [1.165, 1.54) is 5.56 Å². The number of rotatable bonds is 9. The predicted octanol–water partition coefficient (Wildman–Crippen LogP) is 2.91. The predicted molar refractivity (Wildman–Crippen MR) is 130 cm³/mol. The number of aromatic nitrogens is 2. The van der Waals surface area contributed by atoms with Crippen LogP contribution < -0.4 is 15.0 Å². The average molecular weight is 470 g/mol. The summed E-state index contributed by atoms with van der Waals surface area (Å²) < 4.78 is 5.93. The van der Waals surface area contributed by atoms with Crippen molar-refractivity contribution < 1.29 is 14.3 Å². The van der Waals surface area contributed by atoms with Crippen molar-refractivity contribution in [2.75, 3.05) is 38.2 Å². The minimum atomic E-state index is -0.341. The van der Waals surface area contributed by atoms with Crippen molar-refractivity contribution >= 4 is 28.9 Å². The lowest BCUT2D eigenvalue weighted by atomic mass is 10.0. The summed E-state index contributed by atoms with van der Waals surface area (Å²) in [6.45, 7) is 5.51. The molecule has 2 amide bonds. The molecule has 0 bridgehead atoms. The van der Waals surface area contributed by atoms with Gasteiger partial charge in [0.15, 0.2) is 0 Å². The molecule has 1 unspecified atom stereocenters. The molecule has 0 aliphatic carbocycles. The maximum absolute atomic E-state index is 11.7. The number of likely N-dealkylation sites (N-methyl/N-ethyl adjacent to an activating group) is 1. The fourth-order valence-electron chi connectivity index (χ4n) is 4.15. The van der Waals surface area contributed by atoms with Gasteiger partial charge in [0.25, 0.3) is 5.24 Å². The number of hydrogen-bond donors (Lipinski definition) is 1. The van der Waals surface area contributed by atoms with Gasteiger partial charge in [-0.2, -0.15) is 0 Å². The summed E-state index contributed by atoms with van der Waals surface area (Å²) in [6, 6.07) is 8.30. The Morgan fingerprint density at radius 1 is 1.12 bits per heavy atom. The van der Waals surface area contributed by atoms with Gasteiger partial charge in [0.1, 0.15) is 12.4 Å². The number of amides is 2. The van der Waals surface area contributed by atoms with E-state index in [4.69, 9.17) is 4.74 Å². The molecule has 8 nitrogen and oxygen atoms in total. The van der Waals surface area contributed by atoms with Crippen LogP contribution in [-0.2, 0) is 17.6 Å². The maximum Gasteiger partial charge on any atom is 0.286 e.